The van der Waals surface area contributed by atoms with Crippen molar-refractivity contribution in [1.82, 2.24) is 19.5 Å². The number of carbonyl (C=O) groups is 2. The van der Waals surface area contributed by atoms with Gasteiger partial charge >= 0.3 is 5.97 Å². The number of piperidine rings is 1. The second-order valence-electron chi connectivity index (χ2n) is 6.40. The van der Waals surface area contributed by atoms with E-state index in [0.717, 1.165) is 11.4 Å². The van der Waals surface area contributed by atoms with Gasteiger partial charge in [0.1, 0.15) is 0 Å². The maximum Gasteiger partial charge on any atom is 0.308 e. The molecule has 2 atom stereocenters. The van der Waals surface area contributed by atoms with Crippen LogP contribution in [0.15, 0.2) is 12.3 Å². The number of aryl methyl sites for hydroxylation is 2. The molecule has 2 aromatic heterocycles. The third kappa shape index (κ3) is 2.78. The van der Waals surface area contributed by atoms with Crippen LogP contribution in [0.3, 0.4) is 0 Å². The molecule has 3 rings (SSSR count). The van der Waals surface area contributed by atoms with Gasteiger partial charge in [-0.05, 0) is 26.2 Å². The normalized spacial score (nSPS) is 21.6. The third-order valence-electron chi connectivity index (χ3n) is 4.37. The topological polar surface area (TPSA) is 87.8 Å². The number of carboxylic acids is 1. The van der Waals surface area contributed by atoms with Crippen molar-refractivity contribution < 1.29 is 14.7 Å². The van der Waals surface area contributed by atoms with E-state index in [9.17, 15) is 14.7 Å². The molecule has 0 bridgehead atoms. The summed E-state index contributed by atoms with van der Waals surface area (Å²) in [5.74, 6) is -1.37. The Balaban J connectivity index is 1.93. The molecule has 3 heterocycles. The number of carboxylic acid groups (broad SMARTS) is 1. The first-order valence-electron chi connectivity index (χ1n) is 7.71. The van der Waals surface area contributed by atoms with Crippen LogP contribution in [0.1, 0.15) is 35.1 Å². The van der Waals surface area contributed by atoms with Crippen molar-refractivity contribution in [3.8, 4) is 0 Å². The lowest BCUT2D eigenvalue weighted by Crippen LogP contribution is -2.45. The largest absolute Gasteiger partial charge is 0.481 e. The van der Waals surface area contributed by atoms with Gasteiger partial charge in [0, 0.05) is 25.4 Å². The van der Waals surface area contributed by atoms with E-state index in [-0.39, 0.29) is 18.4 Å². The van der Waals surface area contributed by atoms with E-state index in [1.807, 2.05) is 26.8 Å². The molecule has 1 aliphatic heterocycles. The van der Waals surface area contributed by atoms with E-state index in [1.165, 1.54) is 0 Å². The molecule has 0 saturated carbocycles. The number of carbonyl (C=O) groups excluding carboxylic acids is 1. The van der Waals surface area contributed by atoms with Crippen LogP contribution in [0.2, 0.25) is 0 Å². The highest BCUT2D eigenvalue weighted by Crippen LogP contribution is 2.24. The number of aromatic nitrogens is 3. The summed E-state index contributed by atoms with van der Waals surface area (Å²) in [4.78, 5) is 30.0. The molecule has 23 heavy (non-hydrogen) atoms. The monoisotopic (exact) mass is 316 g/mol. The minimum absolute atomic E-state index is 0.165. The first-order valence-corrected chi connectivity index (χ1v) is 7.71. The number of fused-ring (bicyclic) bond motifs is 1. The number of nitrogens with zero attached hydrogens (tertiary/aromatic N) is 4. The van der Waals surface area contributed by atoms with Gasteiger partial charge < -0.3 is 10.0 Å². The van der Waals surface area contributed by atoms with Gasteiger partial charge in [-0.3, -0.25) is 9.59 Å². The fraction of sp³-hybridized carbons (Fsp3) is 0.500. The summed E-state index contributed by atoms with van der Waals surface area (Å²) in [5.41, 5.74) is 2.73. The Labute approximate surface area is 133 Å². The van der Waals surface area contributed by atoms with Crippen molar-refractivity contribution in [2.24, 2.45) is 11.8 Å². The van der Waals surface area contributed by atoms with Crippen LogP contribution < -0.4 is 0 Å². The molecule has 7 nitrogen and oxygen atoms in total. The van der Waals surface area contributed by atoms with Crippen LogP contribution in [0.4, 0.5) is 0 Å². The van der Waals surface area contributed by atoms with Crippen LogP contribution in [-0.4, -0.2) is 49.6 Å². The molecule has 122 valence electrons. The first kappa shape index (κ1) is 15.5. The molecule has 1 fully saturated rings. The van der Waals surface area contributed by atoms with Gasteiger partial charge in [0.15, 0.2) is 5.65 Å². The molecule has 0 aromatic carbocycles. The zero-order chi connectivity index (χ0) is 16.7. The van der Waals surface area contributed by atoms with E-state index >= 15 is 0 Å². The maximum atomic E-state index is 12.8. The number of rotatable bonds is 2. The fourth-order valence-electron chi connectivity index (χ4n) is 3.24. The van der Waals surface area contributed by atoms with Gasteiger partial charge in [-0.1, -0.05) is 6.92 Å². The van der Waals surface area contributed by atoms with Crippen molar-refractivity contribution >= 4 is 17.5 Å². The predicted molar refractivity (Wildman–Crippen MR) is 83.3 cm³/mol. The highest BCUT2D eigenvalue weighted by Gasteiger charge is 2.33. The van der Waals surface area contributed by atoms with E-state index in [2.05, 4.69) is 10.1 Å². The van der Waals surface area contributed by atoms with Crippen molar-refractivity contribution in [2.75, 3.05) is 13.1 Å². The third-order valence-corrected chi connectivity index (χ3v) is 4.37. The average Bonchev–Trinajstić information content (AvgIpc) is 2.88. The second kappa shape index (κ2) is 5.64. The standard InChI is InChI=1S/C16H20N4O3/c1-9-4-12(16(22)23)8-19(7-9)15(21)13-6-17-14-5-10(2)18-20(14)11(13)3/h5-6,9,12H,4,7-8H2,1-3H3,(H,22,23). The summed E-state index contributed by atoms with van der Waals surface area (Å²) in [6.07, 6.45) is 2.16. The van der Waals surface area contributed by atoms with Gasteiger partial charge in [-0.15, -0.1) is 0 Å². The Morgan fingerprint density at radius 1 is 1.30 bits per heavy atom. The molecule has 7 heteroatoms. The van der Waals surface area contributed by atoms with Gasteiger partial charge in [0.2, 0.25) is 0 Å². The molecule has 1 amide bonds. The van der Waals surface area contributed by atoms with E-state index in [4.69, 9.17) is 0 Å². The number of likely N-dealkylation sites (tertiary alicyclic amines) is 1. The lowest BCUT2D eigenvalue weighted by molar-refractivity contribution is -0.143. The Bertz CT molecular complexity index is 783. The molecule has 2 aromatic rings. The van der Waals surface area contributed by atoms with Crippen molar-refractivity contribution in [1.29, 1.82) is 0 Å². The van der Waals surface area contributed by atoms with Crippen LogP contribution in [0.25, 0.3) is 5.65 Å². The van der Waals surface area contributed by atoms with E-state index < -0.39 is 11.9 Å². The summed E-state index contributed by atoms with van der Waals surface area (Å²) in [7, 11) is 0. The summed E-state index contributed by atoms with van der Waals surface area (Å²) in [6.45, 7) is 6.49. The molecule has 0 spiro atoms. The SMILES string of the molecule is Cc1cc2ncc(C(=O)N3CC(C)CC(C(=O)O)C3)c(C)n2n1. The maximum absolute atomic E-state index is 12.8. The van der Waals surface area contributed by atoms with Crippen LogP contribution in [-0.2, 0) is 4.79 Å². The van der Waals surface area contributed by atoms with Crippen molar-refractivity contribution in [3.63, 3.8) is 0 Å². The molecular weight excluding hydrogens is 296 g/mol. The molecule has 1 saturated heterocycles. The van der Waals surface area contributed by atoms with Gasteiger partial charge in [0.05, 0.1) is 22.9 Å². The van der Waals surface area contributed by atoms with Crippen molar-refractivity contribution in [3.05, 3.63) is 29.2 Å². The molecule has 0 radical (unpaired) electrons. The minimum Gasteiger partial charge on any atom is -0.481 e. The average molecular weight is 316 g/mol. The lowest BCUT2D eigenvalue weighted by atomic mass is 9.90. The van der Waals surface area contributed by atoms with E-state index in [1.54, 1.807) is 15.6 Å². The summed E-state index contributed by atoms with van der Waals surface area (Å²) in [5, 5.41) is 13.6. The molecule has 0 aliphatic carbocycles. The Hall–Kier alpha value is -2.44. The Morgan fingerprint density at radius 3 is 2.74 bits per heavy atom. The summed E-state index contributed by atoms with van der Waals surface area (Å²) < 4.78 is 1.66. The molecule has 2 unspecified atom stereocenters. The van der Waals surface area contributed by atoms with Crippen LogP contribution in [0, 0.1) is 25.7 Å². The minimum atomic E-state index is -0.845. The zero-order valence-corrected chi connectivity index (χ0v) is 13.5. The van der Waals surface area contributed by atoms with Crippen LogP contribution >= 0.6 is 0 Å². The molecule has 1 N–H and O–H groups in total. The fourth-order valence-corrected chi connectivity index (χ4v) is 3.24. The Morgan fingerprint density at radius 2 is 2.04 bits per heavy atom. The van der Waals surface area contributed by atoms with Crippen molar-refractivity contribution in [2.45, 2.75) is 27.2 Å². The van der Waals surface area contributed by atoms with Gasteiger partial charge in [0.25, 0.3) is 5.91 Å². The van der Waals surface area contributed by atoms with E-state index in [0.29, 0.717) is 24.2 Å². The highest BCUT2D eigenvalue weighted by atomic mass is 16.4. The highest BCUT2D eigenvalue weighted by molar-refractivity contribution is 5.95. The Kier molecular flexibility index (Phi) is 3.79. The van der Waals surface area contributed by atoms with Gasteiger partial charge in [-0.2, -0.15) is 5.10 Å². The summed E-state index contributed by atoms with van der Waals surface area (Å²) in [6, 6.07) is 1.85. The van der Waals surface area contributed by atoms with Crippen LogP contribution in [0.5, 0.6) is 0 Å². The molecular formula is C16H20N4O3. The number of hydrogen-bond acceptors (Lipinski definition) is 4. The second-order valence-corrected chi connectivity index (χ2v) is 6.40. The van der Waals surface area contributed by atoms with Gasteiger partial charge in [-0.25, -0.2) is 9.50 Å². The zero-order valence-electron chi connectivity index (χ0n) is 13.5. The predicted octanol–water partition coefficient (Wildman–Crippen LogP) is 1.53. The number of amides is 1. The number of hydrogen-bond donors (Lipinski definition) is 1. The smallest absolute Gasteiger partial charge is 0.308 e. The number of aliphatic carboxylic acids is 1. The quantitative estimate of drug-likeness (QED) is 0.908. The summed E-state index contributed by atoms with van der Waals surface area (Å²) >= 11 is 0. The lowest BCUT2D eigenvalue weighted by Gasteiger charge is -2.34. The first-order chi connectivity index (χ1) is 10.9. The molecule has 1 aliphatic rings.